The number of nitrogens with one attached hydrogen (secondary N) is 1. The van der Waals surface area contributed by atoms with Crippen LogP contribution in [0.3, 0.4) is 0 Å². The smallest absolute Gasteiger partial charge is 0.278 e. The second kappa shape index (κ2) is 6.66. The highest BCUT2D eigenvalue weighted by atomic mass is 19.1. The Morgan fingerprint density at radius 2 is 2.06 bits per heavy atom. The number of hydrogen-bond donors (Lipinski definition) is 2. The molecule has 0 radical (unpaired) electrons. The number of hydrogen-bond acceptors (Lipinski definition) is 4. The maximum Gasteiger partial charge on any atom is 0.278 e. The number of benzene rings is 1. The molecule has 4 fully saturated rings. The van der Waals surface area contributed by atoms with Gasteiger partial charge in [0.15, 0.2) is 0 Å². The van der Waals surface area contributed by atoms with E-state index in [1.807, 2.05) is 25.1 Å². The number of carbonyl (C=O) groups excluding carboxylic acids is 1. The molecular weight excluding hydrogens is 397 g/mol. The standard InChI is InChI=1S/C24H26FN3O3/c1-13(7-21(29)28-15-8-14-9-16(28)12-24(30,10-14)11-15)23-22-17(19-5-6-20(25)31-19)3-2-4-18(22)26-27-23/h2-6,13-16,30H,7-12H2,1H3,(H,26,27). The molecule has 4 aliphatic rings. The quantitative estimate of drug-likeness (QED) is 0.653. The minimum atomic E-state index is -0.628. The summed E-state index contributed by atoms with van der Waals surface area (Å²) >= 11 is 0. The van der Waals surface area contributed by atoms with Crippen LogP contribution in [0, 0.1) is 11.9 Å². The first kappa shape index (κ1) is 19.0. The zero-order chi connectivity index (χ0) is 21.3. The lowest BCUT2D eigenvalue weighted by Crippen LogP contribution is -2.65. The summed E-state index contributed by atoms with van der Waals surface area (Å²) in [5.41, 5.74) is 1.83. The molecule has 2 aliphatic heterocycles. The summed E-state index contributed by atoms with van der Waals surface area (Å²) in [6.45, 7) is 2.02. The molecule has 4 bridgehead atoms. The topological polar surface area (TPSA) is 82.4 Å². The summed E-state index contributed by atoms with van der Waals surface area (Å²) in [7, 11) is 0. The Morgan fingerprint density at radius 1 is 1.29 bits per heavy atom. The van der Waals surface area contributed by atoms with Gasteiger partial charge < -0.3 is 14.4 Å². The van der Waals surface area contributed by atoms with Crippen LogP contribution >= 0.6 is 0 Å². The van der Waals surface area contributed by atoms with Crippen molar-refractivity contribution in [1.29, 1.82) is 0 Å². The van der Waals surface area contributed by atoms with Gasteiger partial charge in [-0.15, -0.1) is 0 Å². The fraction of sp³-hybridized carbons (Fsp3) is 0.500. The predicted octanol–water partition coefficient (Wildman–Crippen LogP) is 4.36. The molecule has 7 heteroatoms. The van der Waals surface area contributed by atoms with Crippen molar-refractivity contribution in [3.05, 3.63) is 42.0 Å². The van der Waals surface area contributed by atoms with Gasteiger partial charge in [0.25, 0.3) is 6.01 Å². The fourth-order valence-electron chi connectivity index (χ4n) is 6.58. The molecule has 2 N–H and O–H groups in total. The summed E-state index contributed by atoms with van der Waals surface area (Å²) in [4.78, 5) is 15.5. The van der Waals surface area contributed by atoms with Crippen molar-refractivity contribution in [1.82, 2.24) is 15.1 Å². The Morgan fingerprint density at radius 3 is 2.74 bits per heavy atom. The Kier molecular flexibility index (Phi) is 4.09. The van der Waals surface area contributed by atoms with E-state index in [4.69, 9.17) is 4.42 Å². The van der Waals surface area contributed by atoms with Crippen LogP contribution in [0.4, 0.5) is 4.39 Å². The highest BCUT2D eigenvalue weighted by molar-refractivity contribution is 5.96. The second-order valence-electron chi connectivity index (χ2n) is 9.83. The lowest BCUT2D eigenvalue weighted by molar-refractivity contribution is -0.174. The minimum Gasteiger partial charge on any atom is -0.431 e. The van der Waals surface area contributed by atoms with Gasteiger partial charge >= 0.3 is 0 Å². The number of amides is 1. The van der Waals surface area contributed by atoms with Crippen LogP contribution < -0.4 is 0 Å². The number of nitrogens with zero attached hydrogens (tertiary/aromatic N) is 2. The van der Waals surface area contributed by atoms with Crippen molar-refractivity contribution >= 4 is 16.8 Å². The lowest BCUT2D eigenvalue weighted by atomic mass is 9.61. The van der Waals surface area contributed by atoms with Gasteiger partial charge in [-0.1, -0.05) is 19.1 Å². The van der Waals surface area contributed by atoms with Gasteiger partial charge in [-0.2, -0.15) is 9.49 Å². The molecule has 1 amide bonds. The Bertz CT molecular complexity index is 1150. The first-order valence-corrected chi connectivity index (χ1v) is 11.2. The predicted molar refractivity (Wildman–Crippen MR) is 113 cm³/mol. The number of fused-ring (bicyclic) bond motifs is 1. The second-order valence-corrected chi connectivity index (χ2v) is 9.83. The minimum absolute atomic E-state index is 0.0845. The maximum atomic E-state index is 13.5. The summed E-state index contributed by atoms with van der Waals surface area (Å²) in [5.74, 6) is 1.06. The molecule has 4 heterocycles. The van der Waals surface area contributed by atoms with Crippen LogP contribution in [0.2, 0.25) is 0 Å². The molecule has 162 valence electrons. The SMILES string of the molecule is CC(CC(=O)N1C2CC3CC1CC(O)(C3)C2)c1[nH]nc2cccc(-c3ccc(F)o3)c12. The monoisotopic (exact) mass is 423 g/mol. The number of furan rings is 1. The molecule has 2 saturated heterocycles. The highest BCUT2D eigenvalue weighted by Crippen LogP contribution is 2.51. The van der Waals surface area contributed by atoms with Crippen molar-refractivity contribution in [2.45, 2.75) is 69.1 Å². The third-order valence-electron chi connectivity index (χ3n) is 7.61. The third kappa shape index (κ3) is 3.01. The normalized spacial score (nSPS) is 30.3. The fourth-order valence-corrected chi connectivity index (χ4v) is 6.58. The van der Waals surface area contributed by atoms with Crippen LogP contribution in [0.5, 0.6) is 0 Å². The van der Waals surface area contributed by atoms with Crippen molar-refractivity contribution in [2.75, 3.05) is 0 Å². The molecule has 31 heavy (non-hydrogen) atoms. The number of H-pyrrole nitrogens is 1. The van der Waals surface area contributed by atoms with E-state index in [-0.39, 0.29) is 23.9 Å². The van der Waals surface area contributed by atoms with E-state index in [9.17, 15) is 14.3 Å². The van der Waals surface area contributed by atoms with E-state index < -0.39 is 11.6 Å². The number of halogens is 1. The zero-order valence-corrected chi connectivity index (χ0v) is 17.5. The maximum absolute atomic E-state index is 13.5. The summed E-state index contributed by atoms with van der Waals surface area (Å²) in [6, 6.07) is 8.26. The summed E-state index contributed by atoms with van der Waals surface area (Å²) in [5, 5.41) is 19.2. The highest BCUT2D eigenvalue weighted by Gasteiger charge is 2.54. The number of rotatable bonds is 4. The van der Waals surface area contributed by atoms with Crippen molar-refractivity contribution < 1.29 is 18.7 Å². The number of piperidine rings is 2. The first-order valence-electron chi connectivity index (χ1n) is 11.2. The van der Waals surface area contributed by atoms with Crippen molar-refractivity contribution in [3.63, 3.8) is 0 Å². The van der Waals surface area contributed by atoms with Crippen LogP contribution in [0.15, 0.2) is 34.7 Å². The molecule has 0 spiro atoms. The van der Waals surface area contributed by atoms with Gasteiger partial charge in [0, 0.05) is 47.1 Å². The van der Waals surface area contributed by atoms with Gasteiger partial charge in [0.2, 0.25) is 5.91 Å². The van der Waals surface area contributed by atoms with E-state index in [1.165, 1.54) is 6.07 Å². The zero-order valence-electron chi connectivity index (χ0n) is 17.5. The molecule has 2 aromatic heterocycles. The van der Waals surface area contributed by atoms with E-state index >= 15 is 0 Å². The number of aliphatic hydroxyl groups is 1. The lowest BCUT2D eigenvalue weighted by Gasteiger charge is -2.59. The van der Waals surface area contributed by atoms with Gasteiger partial charge in [-0.25, -0.2) is 0 Å². The largest absolute Gasteiger partial charge is 0.431 e. The number of aromatic amines is 1. The molecule has 3 atom stereocenters. The number of aromatic nitrogens is 2. The third-order valence-corrected chi connectivity index (χ3v) is 7.61. The van der Waals surface area contributed by atoms with Crippen molar-refractivity contribution in [2.24, 2.45) is 5.92 Å². The average Bonchev–Trinajstić information content (AvgIpc) is 3.32. The van der Waals surface area contributed by atoms with E-state index in [0.717, 1.165) is 41.4 Å². The molecule has 1 aromatic carbocycles. The molecule has 3 aromatic rings. The summed E-state index contributed by atoms with van der Waals surface area (Å²) < 4.78 is 18.7. The van der Waals surface area contributed by atoms with Crippen LogP contribution in [-0.2, 0) is 4.79 Å². The molecule has 7 rings (SSSR count). The van der Waals surface area contributed by atoms with Crippen molar-refractivity contribution in [3.8, 4) is 11.3 Å². The van der Waals surface area contributed by atoms with E-state index in [2.05, 4.69) is 15.1 Å². The first-order chi connectivity index (χ1) is 14.9. The van der Waals surface area contributed by atoms with Gasteiger partial charge in [-0.3, -0.25) is 9.89 Å². The molecule has 3 unspecified atom stereocenters. The Balaban J connectivity index is 1.28. The van der Waals surface area contributed by atoms with Crippen LogP contribution in [-0.4, -0.2) is 43.8 Å². The Hall–Kier alpha value is -2.67. The van der Waals surface area contributed by atoms with E-state index in [1.54, 1.807) is 6.07 Å². The molecule has 2 saturated carbocycles. The van der Waals surface area contributed by atoms with Crippen LogP contribution in [0.1, 0.15) is 57.1 Å². The molecule has 6 nitrogen and oxygen atoms in total. The molecule has 2 aliphatic carbocycles. The van der Waals surface area contributed by atoms with Gasteiger partial charge in [0.1, 0.15) is 5.76 Å². The van der Waals surface area contributed by atoms with E-state index in [0.29, 0.717) is 30.9 Å². The number of carbonyl (C=O) groups is 1. The van der Waals surface area contributed by atoms with Gasteiger partial charge in [0.05, 0.1) is 11.1 Å². The summed E-state index contributed by atoms with van der Waals surface area (Å²) in [6.07, 6.45) is 4.71. The van der Waals surface area contributed by atoms with Gasteiger partial charge in [-0.05, 0) is 50.2 Å². The Labute approximate surface area is 179 Å². The van der Waals surface area contributed by atoms with Crippen LogP contribution in [0.25, 0.3) is 22.2 Å². The average molecular weight is 423 g/mol. The molecular formula is C24H26FN3O3.